The van der Waals surface area contributed by atoms with Crippen LogP contribution in [0.5, 0.6) is 0 Å². The molecule has 0 bridgehead atoms. The molecule has 0 aromatic heterocycles. The molecule has 2 rings (SSSR count). The van der Waals surface area contributed by atoms with Gasteiger partial charge in [0.1, 0.15) is 0 Å². The maximum atomic E-state index is 2.33. The van der Waals surface area contributed by atoms with Crippen LogP contribution in [0.1, 0.15) is 26.3 Å². The van der Waals surface area contributed by atoms with E-state index in [0.29, 0.717) is 0 Å². The molecule has 18 heavy (non-hydrogen) atoms. The largest absolute Gasteiger partial charge is 0.129 e. The highest BCUT2D eigenvalue weighted by Crippen LogP contribution is 2.34. The van der Waals surface area contributed by atoms with Gasteiger partial charge in [0.25, 0.3) is 0 Å². The minimum absolute atomic E-state index is 0.208. The van der Waals surface area contributed by atoms with Crippen molar-refractivity contribution in [2.45, 2.75) is 31.1 Å². The third-order valence-corrected chi connectivity index (χ3v) is 3.93. The average molecular weight is 256 g/mol. The number of hydrogen-bond acceptors (Lipinski definition) is 1. The highest BCUT2D eigenvalue weighted by molar-refractivity contribution is 7.98. The van der Waals surface area contributed by atoms with Gasteiger partial charge >= 0.3 is 0 Å². The summed E-state index contributed by atoms with van der Waals surface area (Å²) in [4.78, 5) is 1.36. The zero-order chi connectivity index (χ0) is 13.2. The monoisotopic (exact) mass is 256 g/mol. The van der Waals surface area contributed by atoms with Crippen molar-refractivity contribution >= 4 is 11.8 Å². The highest BCUT2D eigenvalue weighted by Gasteiger charge is 2.15. The summed E-state index contributed by atoms with van der Waals surface area (Å²) in [6, 6.07) is 17.4. The predicted octanol–water partition coefficient (Wildman–Crippen LogP) is 5.37. The molecule has 94 valence electrons. The van der Waals surface area contributed by atoms with Crippen LogP contribution in [-0.4, -0.2) is 6.26 Å². The lowest BCUT2D eigenvalue weighted by Gasteiger charge is -2.21. The zero-order valence-corrected chi connectivity index (χ0v) is 12.3. The van der Waals surface area contributed by atoms with Crippen LogP contribution in [0.2, 0.25) is 0 Å². The second-order valence-corrected chi connectivity index (χ2v) is 6.38. The lowest BCUT2D eigenvalue weighted by molar-refractivity contribution is 0.589. The van der Waals surface area contributed by atoms with E-state index in [-0.39, 0.29) is 5.41 Å². The molecule has 0 aliphatic carbocycles. The fourth-order valence-corrected chi connectivity index (χ4v) is 2.66. The molecule has 0 aliphatic heterocycles. The lowest BCUT2D eigenvalue weighted by Crippen LogP contribution is -2.11. The van der Waals surface area contributed by atoms with E-state index in [9.17, 15) is 0 Å². The van der Waals surface area contributed by atoms with E-state index in [4.69, 9.17) is 0 Å². The van der Waals surface area contributed by atoms with Crippen molar-refractivity contribution in [3.05, 3.63) is 54.1 Å². The molecule has 2 aromatic rings. The summed E-state index contributed by atoms with van der Waals surface area (Å²) in [5.74, 6) is 0. The molecule has 0 saturated carbocycles. The summed E-state index contributed by atoms with van der Waals surface area (Å²) in [6.45, 7) is 6.78. The first-order valence-electron chi connectivity index (χ1n) is 6.26. The zero-order valence-electron chi connectivity index (χ0n) is 11.5. The number of benzene rings is 2. The first-order chi connectivity index (χ1) is 8.52. The van der Waals surface area contributed by atoms with E-state index in [2.05, 4.69) is 75.6 Å². The standard InChI is InChI=1S/C17H20S/c1-17(2,3)14-10-11-15(16(12-14)18-4)13-8-6-5-7-9-13/h5-12H,1-4H3. The molecule has 0 amide bonds. The summed E-state index contributed by atoms with van der Waals surface area (Å²) in [6.07, 6.45) is 2.15. The molecule has 2 aromatic carbocycles. The second kappa shape index (κ2) is 5.19. The Morgan fingerprint density at radius 3 is 2.11 bits per heavy atom. The second-order valence-electron chi connectivity index (χ2n) is 5.53. The van der Waals surface area contributed by atoms with E-state index in [1.54, 1.807) is 0 Å². The van der Waals surface area contributed by atoms with E-state index >= 15 is 0 Å². The Labute approximate surface area is 114 Å². The lowest BCUT2D eigenvalue weighted by atomic mass is 9.86. The third kappa shape index (κ3) is 2.78. The van der Waals surface area contributed by atoms with Crippen molar-refractivity contribution in [3.8, 4) is 11.1 Å². The Hall–Kier alpha value is -1.21. The Balaban J connectivity index is 2.51. The normalized spacial score (nSPS) is 11.6. The molecule has 1 heteroatoms. The van der Waals surface area contributed by atoms with Crippen molar-refractivity contribution in [1.82, 2.24) is 0 Å². The van der Waals surface area contributed by atoms with Crippen LogP contribution in [0.25, 0.3) is 11.1 Å². The van der Waals surface area contributed by atoms with E-state index in [1.165, 1.54) is 21.6 Å². The Morgan fingerprint density at radius 2 is 1.56 bits per heavy atom. The van der Waals surface area contributed by atoms with Crippen LogP contribution in [0.15, 0.2) is 53.4 Å². The molecular formula is C17H20S. The van der Waals surface area contributed by atoms with Gasteiger partial charge in [-0.05, 0) is 34.4 Å². The van der Waals surface area contributed by atoms with Gasteiger partial charge in [0, 0.05) is 4.90 Å². The van der Waals surface area contributed by atoms with E-state index < -0.39 is 0 Å². The molecule has 0 atom stereocenters. The van der Waals surface area contributed by atoms with Crippen molar-refractivity contribution in [2.24, 2.45) is 0 Å². The summed E-state index contributed by atoms with van der Waals surface area (Å²) < 4.78 is 0. The predicted molar refractivity (Wildman–Crippen MR) is 82.4 cm³/mol. The minimum atomic E-state index is 0.208. The fraction of sp³-hybridized carbons (Fsp3) is 0.294. The molecule has 0 nitrogen and oxygen atoms in total. The topological polar surface area (TPSA) is 0 Å². The SMILES string of the molecule is CSc1cc(C(C)(C)C)ccc1-c1ccccc1. The van der Waals surface area contributed by atoms with Gasteiger partial charge in [0.15, 0.2) is 0 Å². The summed E-state index contributed by atoms with van der Waals surface area (Å²) in [7, 11) is 0. The van der Waals surface area contributed by atoms with Crippen LogP contribution in [0, 0.1) is 0 Å². The van der Waals surface area contributed by atoms with Crippen LogP contribution in [-0.2, 0) is 5.41 Å². The molecule has 0 heterocycles. The first-order valence-corrected chi connectivity index (χ1v) is 7.49. The Kier molecular flexibility index (Phi) is 3.82. The van der Waals surface area contributed by atoms with Crippen LogP contribution < -0.4 is 0 Å². The molecule has 0 fully saturated rings. The number of hydrogen-bond donors (Lipinski definition) is 0. The van der Waals surface area contributed by atoms with Gasteiger partial charge in [-0.25, -0.2) is 0 Å². The average Bonchev–Trinajstić information content (AvgIpc) is 2.38. The maximum Gasteiger partial charge on any atom is 0.0151 e. The van der Waals surface area contributed by atoms with Gasteiger partial charge in [0.2, 0.25) is 0 Å². The smallest absolute Gasteiger partial charge is 0.0151 e. The summed E-state index contributed by atoms with van der Waals surface area (Å²) in [5, 5.41) is 0. The van der Waals surface area contributed by atoms with Crippen LogP contribution in [0.3, 0.4) is 0 Å². The van der Waals surface area contributed by atoms with Gasteiger partial charge in [-0.15, -0.1) is 11.8 Å². The van der Waals surface area contributed by atoms with Crippen molar-refractivity contribution < 1.29 is 0 Å². The van der Waals surface area contributed by atoms with Gasteiger partial charge in [-0.2, -0.15) is 0 Å². The molecule has 0 radical (unpaired) electrons. The molecule has 0 aliphatic rings. The Morgan fingerprint density at radius 1 is 0.889 bits per heavy atom. The maximum absolute atomic E-state index is 2.33. The fourth-order valence-electron chi connectivity index (χ4n) is 2.01. The third-order valence-electron chi connectivity index (χ3n) is 3.15. The van der Waals surface area contributed by atoms with Crippen LogP contribution in [0.4, 0.5) is 0 Å². The van der Waals surface area contributed by atoms with Gasteiger partial charge in [-0.3, -0.25) is 0 Å². The van der Waals surface area contributed by atoms with Gasteiger partial charge in [-0.1, -0.05) is 63.2 Å². The van der Waals surface area contributed by atoms with E-state index in [0.717, 1.165) is 0 Å². The van der Waals surface area contributed by atoms with E-state index in [1.807, 2.05) is 11.8 Å². The van der Waals surface area contributed by atoms with Crippen molar-refractivity contribution in [2.75, 3.05) is 6.26 Å². The number of rotatable bonds is 2. The van der Waals surface area contributed by atoms with Crippen molar-refractivity contribution in [3.63, 3.8) is 0 Å². The molecule has 0 spiro atoms. The quantitative estimate of drug-likeness (QED) is 0.651. The number of thioether (sulfide) groups is 1. The Bertz CT molecular complexity index is 521. The van der Waals surface area contributed by atoms with Gasteiger partial charge in [0.05, 0.1) is 0 Å². The summed E-state index contributed by atoms with van der Waals surface area (Å²) in [5.41, 5.74) is 4.23. The molecule has 0 saturated heterocycles. The summed E-state index contributed by atoms with van der Waals surface area (Å²) >= 11 is 1.82. The molecule has 0 unspecified atom stereocenters. The van der Waals surface area contributed by atoms with Crippen molar-refractivity contribution in [1.29, 1.82) is 0 Å². The van der Waals surface area contributed by atoms with Crippen LogP contribution >= 0.6 is 11.8 Å². The minimum Gasteiger partial charge on any atom is -0.129 e. The molecular weight excluding hydrogens is 236 g/mol. The van der Waals surface area contributed by atoms with Gasteiger partial charge < -0.3 is 0 Å². The molecule has 0 N–H and O–H groups in total. The first kappa shape index (κ1) is 13.2. The highest BCUT2D eigenvalue weighted by atomic mass is 32.2.